The fourth-order valence-electron chi connectivity index (χ4n) is 3.95. The second-order valence-corrected chi connectivity index (χ2v) is 7.30. The number of nitrogens with two attached hydrogens (primary N) is 1. The number of rotatable bonds is 2. The van der Waals surface area contributed by atoms with E-state index in [-0.39, 0.29) is 24.3 Å². The predicted molar refractivity (Wildman–Crippen MR) is 107 cm³/mol. The van der Waals surface area contributed by atoms with Crippen LogP contribution in [0, 0.1) is 0 Å². The molecule has 1 aliphatic heterocycles. The molecule has 1 saturated heterocycles. The lowest BCUT2D eigenvalue weighted by Gasteiger charge is -2.42. The maximum atomic E-state index is 13.8. The van der Waals surface area contributed by atoms with Crippen molar-refractivity contribution in [2.45, 2.75) is 37.5 Å². The minimum absolute atomic E-state index is 0.0943. The Labute approximate surface area is 174 Å². The van der Waals surface area contributed by atoms with E-state index in [1.165, 1.54) is 12.4 Å². The quantitative estimate of drug-likeness (QED) is 0.538. The molecule has 2 atom stereocenters. The Balaban J connectivity index is 1.67. The van der Waals surface area contributed by atoms with Crippen LogP contribution in [0.4, 0.5) is 24.7 Å². The van der Waals surface area contributed by atoms with Gasteiger partial charge in [0, 0.05) is 0 Å². The van der Waals surface area contributed by atoms with E-state index in [1.807, 2.05) is 0 Å². The van der Waals surface area contributed by atoms with Crippen LogP contribution in [-0.2, 0) is 9.59 Å². The number of carbonyl (C=O) groups excluding carboxylic acids is 2. The second-order valence-electron chi connectivity index (χ2n) is 7.30. The zero-order valence-corrected chi connectivity index (χ0v) is 16.2. The molecule has 0 saturated carbocycles. The number of alkyl halides is 3. The van der Waals surface area contributed by atoms with E-state index in [2.05, 4.69) is 20.5 Å². The monoisotopic (exact) mass is 432 g/mol. The van der Waals surface area contributed by atoms with Gasteiger partial charge in [-0.2, -0.15) is 18.3 Å². The predicted octanol–water partition coefficient (Wildman–Crippen LogP) is 3.16. The fraction of sp³-hybridized carbons (Fsp3) is 0.300. The summed E-state index contributed by atoms with van der Waals surface area (Å²) in [4.78, 5) is 30.4. The van der Waals surface area contributed by atoms with E-state index >= 15 is 0 Å². The van der Waals surface area contributed by atoms with Crippen molar-refractivity contribution in [1.82, 2.24) is 20.1 Å². The van der Waals surface area contributed by atoms with Crippen LogP contribution in [0.5, 0.6) is 0 Å². The number of nitrogens with one attached hydrogen (secondary N) is 2. The van der Waals surface area contributed by atoms with Gasteiger partial charge in [-0.05, 0) is 24.8 Å². The summed E-state index contributed by atoms with van der Waals surface area (Å²) in [6, 6.07) is 5.49. The summed E-state index contributed by atoms with van der Waals surface area (Å²) in [5.74, 6) is -2.30. The van der Waals surface area contributed by atoms with E-state index in [9.17, 15) is 22.8 Å². The van der Waals surface area contributed by atoms with E-state index in [0.717, 1.165) is 0 Å². The lowest BCUT2D eigenvalue weighted by Crippen LogP contribution is -2.55. The van der Waals surface area contributed by atoms with Crippen LogP contribution in [0.3, 0.4) is 0 Å². The van der Waals surface area contributed by atoms with Crippen molar-refractivity contribution in [1.29, 1.82) is 0 Å². The molecule has 0 aliphatic carbocycles. The van der Waals surface area contributed by atoms with Crippen LogP contribution in [0.1, 0.15) is 30.9 Å². The third kappa shape index (κ3) is 3.90. The zero-order chi connectivity index (χ0) is 22.2. The highest BCUT2D eigenvalue weighted by Crippen LogP contribution is 2.41. The first kappa shape index (κ1) is 20.6. The molecule has 2 aromatic heterocycles. The Morgan fingerprint density at radius 1 is 1.16 bits per heavy atom. The molecular weight excluding hydrogens is 413 g/mol. The molecule has 1 fully saturated rings. The van der Waals surface area contributed by atoms with Gasteiger partial charge in [0.25, 0.3) is 0 Å². The summed E-state index contributed by atoms with van der Waals surface area (Å²) in [5.41, 5.74) is 6.70. The number of aromatic amines is 1. The van der Waals surface area contributed by atoms with Gasteiger partial charge in [-0.1, -0.05) is 30.3 Å². The summed E-state index contributed by atoms with van der Waals surface area (Å²) in [7, 11) is 0. The van der Waals surface area contributed by atoms with Gasteiger partial charge in [0.05, 0.1) is 35.0 Å². The number of amides is 2. The molecular formula is C20H19F3N6O2. The molecule has 4 rings (SSSR count). The minimum atomic E-state index is -4.66. The van der Waals surface area contributed by atoms with E-state index in [4.69, 9.17) is 5.73 Å². The number of fused-ring (bicyclic) bond motifs is 1. The maximum Gasteiger partial charge on any atom is 0.408 e. The number of pyridine rings is 1. The number of anilines is 2. The van der Waals surface area contributed by atoms with Gasteiger partial charge >= 0.3 is 18.0 Å². The number of nitrogen functional groups attached to an aromatic ring is 1. The molecule has 4 N–H and O–H groups in total. The molecule has 1 aromatic carbocycles. The largest absolute Gasteiger partial charge is 0.408 e. The Kier molecular flexibility index (Phi) is 5.25. The molecule has 2 amide bonds. The molecule has 8 nitrogen and oxygen atoms in total. The van der Waals surface area contributed by atoms with Gasteiger partial charge in [-0.25, -0.2) is 4.98 Å². The van der Waals surface area contributed by atoms with Crippen LogP contribution in [0.2, 0.25) is 0 Å². The number of hydrogen-bond acceptors (Lipinski definition) is 5. The Morgan fingerprint density at radius 3 is 2.61 bits per heavy atom. The minimum Gasteiger partial charge on any atom is -0.383 e. The molecule has 162 valence electrons. The van der Waals surface area contributed by atoms with Crippen molar-refractivity contribution in [3.8, 4) is 0 Å². The number of likely N-dealkylation sites (tertiary alicyclic amines) is 1. The smallest absolute Gasteiger partial charge is 0.383 e. The molecule has 3 heterocycles. The van der Waals surface area contributed by atoms with Crippen LogP contribution in [0.15, 0.2) is 42.7 Å². The topological polar surface area (TPSA) is 117 Å². The first-order chi connectivity index (χ1) is 14.8. The van der Waals surface area contributed by atoms with E-state index in [0.29, 0.717) is 27.8 Å². The summed E-state index contributed by atoms with van der Waals surface area (Å²) < 4.78 is 41.3. The molecule has 1 aliphatic rings. The average molecular weight is 432 g/mol. The molecule has 2 unspecified atom stereocenters. The molecule has 0 radical (unpaired) electrons. The van der Waals surface area contributed by atoms with E-state index < -0.39 is 30.1 Å². The number of halogens is 3. The lowest BCUT2D eigenvalue weighted by atomic mass is 9.90. The van der Waals surface area contributed by atoms with Crippen molar-refractivity contribution < 1.29 is 22.8 Å². The van der Waals surface area contributed by atoms with Crippen molar-refractivity contribution in [2.75, 3.05) is 11.1 Å². The average Bonchev–Trinajstić information content (AvgIpc) is 3.26. The van der Waals surface area contributed by atoms with Gasteiger partial charge in [-0.3, -0.25) is 14.7 Å². The highest BCUT2D eigenvalue weighted by atomic mass is 19.4. The van der Waals surface area contributed by atoms with Crippen molar-refractivity contribution in [3.63, 3.8) is 0 Å². The van der Waals surface area contributed by atoms with Crippen LogP contribution in [0.25, 0.3) is 10.9 Å². The Hall–Kier alpha value is -3.63. The Bertz CT molecular complexity index is 1120. The highest BCUT2D eigenvalue weighted by molar-refractivity contribution is 6.40. The summed E-state index contributed by atoms with van der Waals surface area (Å²) >= 11 is 0. The first-order valence-electron chi connectivity index (χ1n) is 9.60. The molecule has 11 heteroatoms. The maximum absolute atomic E-state index is 13.8. The number of aromatic nitrogens is 3. The number of nitrogens with zero attached hydrogens (tertiary/aromatic N) is 3. The van der Waals surface area contributed by atoms with Gasteiger partial charge in [-0.15, -0.1) is 0 Å². The second kappa shape index (κ2) is 7.89. The standard InChI is InChI=1S/C20H19F3N6O2/c21-20(22,23)15-8-4-7-14(11-5-2-1-3-6-11)29(15)19(31)18(30)27-13-10-25-17(24)12-9-26-28-16(12)13/h1-3,5-6,9-10,14-15H,4,7-8H2,(H2,24,25)(H,26,28)(H,27,30). The summed E-state index contributed by atoms with van der Waals surface area (Å²) in [5, 5.41) is 9.22. The Morgan fingerprint density at radius 2 is 1.90 bits per heavy atom. The van der Waals surface area contributed by atoms with Gasteiger partial charge in [0.2, 0.25) is 0 Å². The third-order valence-electron chi connectivity index (χ3n) is 5.38. The molecule has 0 spiro atoms. The van der Waals surface area contributed by atoms with Crippen LogP contribution < -0.4 is 11.1 Å². The normalized spacial score (nSPS) is 19.4. The summed E-state index contributed by atoms with van der Waals surface area (Å²) in [6.45, 7) is 0. The van der Waals surface area contributed by atoms with E-state index in [1.54, 1.807) is 30.3 Å². The number of carbonyl (C=O) groups is 2. The fourth-order valence-corrected chi connectivity index (χ4v) is 3.95. The highest BCUT2D eigenvalue weighted by Gasteiger charge is 2.50. The third-order valence-corrected chi connectivity index (χ3v) is 5.38. The van der Waals surface area contributed by atoms with Gasteiger partial charge < -0.3 is 16.0 Å². The summed E-state index contributed by atoms with van der Waals surface area (Å²) in [6.07, 6.45) is -1.71. The van der Waals surface area contributed by atoms with Crippen molar-refractivity contribution >= 4 is 34.2 Å². The van der Waals surface area contributed by atoms with Crippen LogP contribution in [-0.4, -0.2) is 44.1 Å². The molecule has 0 bridgehead atoms. The number of H-pyrrole nitrogens is 1. The number of benzene rings is 1. The zero-order valence-electron chi connectivity index (χ0n) is 16.2. The van der Waals surface area contributed by atoms with Crippen molar-refractivity contribution in [2.24, 2.45) is 0 Å². The van der Waals surface area contributed by atoms with Crippen LogP contribution >= 0.6 is 0 Å². The van der Waals surface area contributed by atoms with Gasteiger partial charge in [0.1, 0.15) is 11.9 Å². The van der Waals surface area contributed by atoms with Crippen molar-refractivity contribution in [3.05, 3.63) is 48.3 Å². The number of piperidine rings is 1. The molecule has 31 heavy (non-hydrogen) atoms. The number of hydrogen-bond donors (Lipinski definition) is 3. The van der Waals surface area contributed by atoms with Gasteiger partial charge in [0.15, 0.2) is 0 Å². The SMILES string of the molecule is Nc1ncc(NC(=O)C(=O)N2C(c3ccccc3)CCCC2C(F)(F)F)c2[nH]ncc12. The molecule has 3 aromatic rings. The lowest BCUT2D eigenvalue weighted by molar-refractivity contribution is -0.203. The first-order valence-corrected chi connectivity index (χ1v) is 9.60.